The molecule has 0 spiro atoms. The highest BCUT2D eigenvalue weighted by Gasteiger charge is 2.21. The van der Waals surface area contributed by atoms with Gasteiger partial charge in [-0.05, 0) is 31.4 Å². The van der Waals surface area contributed by atoms with Crippen molar-refractivity contribution in [1.82, 2.24) is 10.6 Å². The number of unbranched alkanes of at least 4 members (excludes halogenated alkanes) is 1. The second-order valence-electron chi connectivity index (χ2n) is 4.89. The van der Waals surface area contributed by atoms with Crippen LogP contribution in [0.4, 0.5) is 0 Å². The summed E-state index contributed by atoms with van der Waals surface area (Å²) in [7, 11) is 1.29. The fourth-order valence-electron chi connectivity index (χ4n) is 1.96. The number of carbonyl (C=O) groups is 3. The van der Waals surface area contributed by atoms with E-state index in [1.165, 1.54) is 14.0 Å². The maximum Gasteiger partial charge on any atom is 0.328 e. The number of rotatable bonds is 8. The van der Waals surface area contributed by atoms with E-state index in [9.17, 15) is 14.4 Å². The average Bonchev–Trinajstić information content (AvgIpc) is 2.53. The Balaban J connectivity index is 2.49. The van der Waals surface area contributed by atoms with Gasteiger partial charge in [0.2, 0.25) is 5.91 Å². The number of hydrogen-bond acceptors (Lipinski definition) is 4. The number of carbonyl (C=O) groups excluding carboxylic acids is 3. The predicted molar refractivity (Wildman–Crippen MR) is 82.2 cm³/mol. The van der Waals surface area contributed by atoms with E-state index >= 15 is 0 Å². The van der Waals surface area contributed by atoms with Crippen LogP contribution in [0.2, 0.25) is 0 Å². The maximum atomic E-state index is 12.1. The summed E-state index contributed by atoms with van der Waals surface area (Å²) in [5.74, 6) is -0.858. The molecule has 0 aliphatic rings. The molecule has 1 unspecified atom stereocenters. The van der Waals surface area contributed by atoms with Gasteiger partial charge in [0.25, 0.3) is 5.91 Å². The molecule has 0 aliphatic heterocycles. The first kappa shape index (κ1) is 17.7. The van der Waals surface area contributed by atoms with E-state index in [1.807, 2.05) is 6.07 Å². The number of amides is 2. The molecule has 22 heavy (non-hydrogen) atoms. The van der Waals surface area contributed by atoms with Crippen LogP contribution in [-0.2, 0) is 14.3 Å². The Morgan fingerprint density at radius 3 is 2.41 bits per heavy atom. The molecule has 0 fully saturated rings. The van der Waals surface area contributed by atoms with Crippen molar-refractivity contribution in [3.8, 4) is 0 Å². The molecule has 6 nitrogen and oxygen atoms in total. The van der Waals surface area contributed by atoms with Gasteiger partial charge in [-0.2, -0.15) is 0 Å². The summed E-state index contributed by atoms with van der Waals surface area (Å²) in [6.45, 7) is 2.01. The standard InChI is InChI=1S/C16H22N2O4/c1-12(19)17-11-7-6-10-14(16(21)22-2)18-15(20)13-8-4-3-5-9-13/h3-5,8-9,14H,6-7,10-11H2,1-2H3,(H,17,19)(H,18,20). The lowest BCUT2D eigenvalue weighted by molar-refractivity contribution is -0.143. The zero-order chi connectivity index (χ0) is 16.4. The largest absolute Gasteiger partial charge is 0.467 e. The minimum absolute atomic E-state index is 0.0816. The molecule has 0 bridgehead atoms. The topological polar surface area (TPSA) is 84.5 Å². The molecule has 2 N–H and O–H groups in total. The first-order chi connectivity index (χ1) is 10.5. The van der Waals surface area contributed by atoms with Crippen molar-refractivity contribution in [1.29, 1.82) is 0 Å². The number of ether oxygens (including phenoxy) is 1. The van der Waals surface area contributed by atoms with Crippen LogP contribution >= 0.6 is 0 Å². The lowest BCUT2D eigenvalue weighted by Crippen LogP contribution is -2.41. The van der Waals surface area contributed by atoms with Crippen molar-refractivity contribution in [3.63, 3.8) is 0 Å². The number of hydrogen-bond donors (Lipinski definition) is 2. The predicted octanol–water partition coefficient (Wildman–Crippen LogP) is 1.26. The van der Waals surface area contributed by atoms with E-state index in [-0.39, 0.29) is 11.8 Å². The first-order valence-electron chi connectivity index (χ1n) is 7.22. The highest BCUT2D eigenvalue weighted by Crippen LogP contribution is 2.05. The highest BCUT2D eigenvalue weighted by atomic mass is 16.5. The smallest absolute Gasteiger partial charge is 0.328 e. The molecule has 0 aliphatic carbocycles. The van der Waals surface area contributed by atoms with Gasteiger partial charge < -0.3 is 15.4 Å². The minimum atomic E-state index is -0.685. The van der Waals surface area contributed by atoms with Gasteiger partial charge in [0, 0.05) is 19.0 Å². The molecule has 0 aromatic heterocycles. The third-order valence-electron chi connectivity index (χ3n) is 3.12. The summed E-state index contributed by atoms with van der Waals surface area (Å²) in [4.78, 5) is 34.6. The Labute approximate surface area is 130 Å². The lowest BCUT2D eigenvalue weighted by atomic mass is 10.1. The van der Waals surface area contributed by atoms with Gasteiger partial charge in [0.05, 0.1) is 7.11 Å². The third-order valence-corrected chi connectivity index (χ3v) is 3.12. The van der Waals surface area contributed by atoms with Crippen molar-refractivity contribution < 1.29 is 19.1 Å². The quantitative estimate of drug-likeness (QED) is 0.559. The lowest BCUT2D eigenvalue weighted by Gasteiger charge is -2.16. The number of esters is 1. The summed E-state index contributed by atoms with van der Waals surface area (Å²) in [5, 5.41) is 5.37. The average molecular weight is 306 g/mol. The molecule has 0 saturated heterocycles. The van der Waals surface area contributed by atoms with Gasteiger partial charge in [0.1, 0.15) is 6.04 Å². The minimum Gasteiger partial charge on any atom is -0.467 e. The van der Waals surface area contributed by atoms with Gasteiger partial charge in [-0.3, -0.25) is 9.59 Å². The summed E-state index contributed by atoms with van der Waals surface area (Å²) in [6, 6.07) is 8.01. The molecule has 6 heteroatoms. The van der Waals surface area contributed by atoms with E-state index in [0.717, 1.165) is 6.42 Å². The Morgan fingerprint density at radius 2 is 1.82 bits per heavy atom. The van der Waals surface area contributed by atoms with E-state index < -0.39 is 12.0 Å². The normalized spacial score (nSPS) is 11.4. The van der Waals surface area contributed by atoms with Crippen LogP contribution in [0.5, 0.6) is 0 Å². The van der Waals surface area contributed by atoms with Crippen LogP contribution < -0.4 is 10.6 Å². The van der Waals surface area contributed by atoms with E-state index in [2.05, 4.69) is 10.6 Å². The van der Waals surface area contributed by atoms with Gasteiger partial charge in [0.15, 0.2) is 0 Å². The Hall–Kier alpha value is -2.37. The fraction of sp³-hybridized carbons (Fsp3) is 0.438. The van der Waals surface area contributed by atoms with Crippen LogP contribution in [0.1, 0.15) is 36.5 Å². The molecular weight excluding hydrogens is 284 g/mol. The number of nitrogens with one attached hydrogen (secondary N) is 2. The molecule has 0 saturated carbocycles. The Bertz CT molecular complexity index is 502. The molecule has 2 amide bonds. The van der Waals surface area contributed by atoms with Gasteiger partial charge in [-0.1, -0.05) is 18.2 Å². The highest BCUT2D eigenvalue weighted by molar-refractivity contribution is 5.96. The van der Waals surface area contributed by atoms with Crippen molar-refractivity contribution in [3.05, 3.63) is 35.9 Å². The molecule has 120 valence electrons. The summed E-state index contributed by atoms with van der Waals surface area (Å²) in [5.41, 5.74) is 0.495. The first-order valence-corrected chi connectivity index (χ1v) is 7.22. The second kappa shape index (κ2) is 9.55. The molecular formula is C16H22N2O4. The number of methoxy groups -OCH3 is 1. The van der Waals surface area contributed by atoms with Crippen LogP contribution in [0.3, 0.4) is 0 Å². The fourth-order valence-corrected chi connectivity index (χ4v) is 1.96. The van der Waals surface area contributed by atoms with Crippen LogP contribution in [-0.4, -0.2) is 37.5 Å². The summed E-state index contributed by atoms with van der Waals surface area (Å²) < 4.78 is 4.72. The summed E-state index contributed by atoms with van der Waals surface area (Å²) in [6.07, 6.45) is 1.88. The van der Waals surface area contributed by atoms with Crippen molar-refractivity contribution in [2.45, 2.75) is 32.2 Å². The Morgan fingerprint density at radius 1 is 1.14 bits per heavy atom. The third kappa shape index (κ3) is 6.39. The van der Waals surface area contributed by atoms with Crippen molar-refractivity contribution in [2.24, 2.45) is 0 Å². The van der Waals surface area contributed by atoms with Crippen LogP contribution in [0, 0.1) is 0 Å². The number of benzene rings is 1. The van der Waals surface area contributed by atoms with E-state index in [4.69, 9.17) is 4.74 Å². The van der Waals surface area contributed by atoms with Gasteiger partial charge >= 0.3 is 5.97 Å². The van der Waals surface area contributed by atoms with E-state index in [0.29, 0.717) is 24.9 Å². The van der Waals surface area contributed by atoms with Crippen LogP contribution in [0.25, 0.3) is 0 Å². The zero-order valence-corrected chi connectivity index (χ0v) is 12.9. The second-order valence-corrected chi connectivity index (χ2v) is 4.89. The molecule has 1 aromatic carbocycles. The van der Waals surface area contributed by atoms with E-state index in [1.54, 1.807) is 24.3 Å². The molecule has 1 atom stereocenters. The van der Waals surface area contributed by atoms with Crippen molar-refractivity contribution in [2.75, 3.05) is 13.7 Å². The maximum absolute atomic E-state index is 12.1. The van der Waals surface area contributed by atoms with Gasteiger partial charge in [-0.15, -0.1) is 0 Å². The molecule has 1 aromatic rings. The Kier molecular flexibility index (Phi) is 7.67. The van der Waals surface area contributed by atoms with Crippen molar-refractivity contribution >= 4 is 17.8 Å². The van der Waals surface area contributed by atoms with Crippen LogP contribution in [0.15, 0.2) is 30.3 Å². The molecule has 0 radical (unpaired) electrons. The molecule has 1 rings (SSSR count). The molecule has 0 heterocycles. The van der Waals surface area contributed by atoms with Gasteiger partial charge in [-0.25, -0.2) is 4.79 Å². The summed E-state index contributed by atoms with van der Waals surface area (Å²) >= 11 is 0. The monoisotopic (exact) mass is 306 g/mol. The zero-order valence-electron chi connectivity index (χ0n) is 12.9. The SMILES string of the molecule is COC(=O)C(CCCCNC(C)=O)NC(=O)c1ccccc1.